The fourth-order valence-electron chi connectivity index (χ4n) is 3.30. The third-order valence-electron chi connectivity index (χ3n) is 5.24. The Labute approximate surface area is 193 Å². The second-order valence-corrected chi connectivity index (χ2v) is 9.19. The first-order chi connectivity index (χ1) is 15.9. The standard InChI is InChI=1S/C24H25N3O5S/c1-3-27(2)20-6-4-5-19(15-20)25-24(28)17-7-9-18(10-8-17)26-33(29,30)21-11-12-22-23(16-21)32-14-13-31-22/h4-12,15-16,26H,3,13-14H2,1-2H3,(H,25,28). The lowest BCUT2D eigenvalue weighted by Crippen LogP contribution is -2.17. The highest BCUT2D eigenvalue weighted by Gasteiger charge is 2.19. The van der Waals surface area contributed by atoms with Gasteiger partial charge in [-0.2, -0.15) is 0 Å². The van der Waals surface area contributed by atoms with Gasteiger partial charge in [0.1, 0.15) is 13.2 Å². The molecule has 3 aromatic carbocycles. The van der Waals surface area contributed by atoms with Gasteiger partial charge in [-0.15, -0.1) is 0 Å². The van der Waals surface area contributed by atoms with E-state index in [4.69, 9.17) is 9.47 Å². The number of fused-ring (bicyclic) bond motifs is 1. The Morgan fingerprint density at radius 1 is 0.939 bits per heavy atom. The summed E-state index contributed by atoms with van der Waals surface area (Å²) in [7, 11) is -1.86. The monoisotopic (exact) mass is 467 g/mol. The Morgan fingerprint density at radius 3 is 2.39 bits per heavy atom. The van der Waals surface area contributed by atoms with E-state index < -0.39 is 10.0 Å². The van der Waals surface area contributed by atoms with E-state index in [1.54, 1.807) is 30.3 Å². The van der Waals surface area contributed by atoms with Crippen LogP contribution in [0.2, 0.25) is 0 Å². The first-order valence-corrected chi connectivity index (χ1v) is 12.0. The van der Waals surface area contributed by atoms with Crippen molar-refractivity contribution in [1.82, 2.24) is 0 Å². The highest BCUT2D eigenvalue weighted by atomic mass is 32.2. The van der Waals surface area contributed by atoms with Crippen LogP contribution in [0, 0.1) is 0 Å². The summed E-state index contributed by atoms with van der Waals surface area (Å²) in [5, 5.41) is 2.87. The third kappa shape index (κ3) is 5.20. The van der Waals surface area contributed by atoms with Crippen molar-refractivity contribution in [3.05, 3.63) is 72.3 Å². The van der Waals surface area contributed by atoms with Crippen LogP contribution in [0.4, 0.5) is 17.1 Å². The fraction of sp³-hybridized carbons (Fsp3) is 0.208. The second kappa shape index (κ2) is 9.41. The Bertz CT molecular complexity index is 1260. The molecule has 0 spiro atoms. The molecule has 0 unspecified atom stereocenters. The predicted octanol–water partition coefficient (Wildman–Crippen LogP) is 3.97. The van der Waals surface area contributed by atoms with Crippen molar-refractivity contribution >= 4 is 33.0 Å². The summed E-state index contributed by atoms with van der Waals surface area (Å²) in [6, 6.07) is 18.3. The molecule has 172 valence electrons. The normalized spacial score (nSPS) is 12.7. The summed E-state index contributed by atoms with van der Waals surface area (Å²) >= 11 is 0. The smallest absolute Gasteiger partial charge is 0.262 e. The average molecular weight is 468 g/mol. The lowest BCUT2D eigenvalue weighted by atomic mass is 10.2. The molecule has 0 radical (unpaired) electrons. The number of rotatable bonds is 7. The molecule has 0 atom stereocenters. The number of nitrogens with zero attached hydrogens (tertiary/aromatic N) is 1. The second-order valence-electron chi connectivity index (χ2n) is 7.51. The molecule has 9 heteroatoms. The van der Waals surface area contributed by atoms with Crippen LogP contribution < -0.4 is 24.4 Å². The van der Waals surface area contributed by atoms with Gasteiger partial charge in [0.05, 0.1) is 4.90 Å². The van der Waals surface area contributed by atoms with Gasteiger partial charge in [-0.25, -0.2) is 8.42 Å². The van der Waals surface area contributed by atoms with Crippen molar-refractivity contribution < 1.29 is 22.7 Å². The summed E-state index contributed by atoms with van der Waals surface area (Å²) < 4.78 is 39.0. The van der Waals surface area contributed by atoms with E-state index in [9.17, 15) is 13.2 Å². The molecule has 8 nitrogen and oxygen atoms in total. The Morgan fingerprint density at radius 2 is 1.67 bits per heavy atom. The maximum atomic E-state index is 12.8. The number of sulfonamides is 1. The van der Waals surface area contributed by atoms with Gasteiger partial charge in [-0.3, -0.25) is 9.52 Å². The first kappa shape index (κ1) is 22.5. The number of ether oxygens (including phenoxy) is 2. The van der Waals surface area contributed by atoms with Crippen LogP contribution in [-0.4, -0.2) is 41.1 Å². The van der Waals surface area contributed by atoms with Gasteiger partial charge >= 0.3 is 0 Å². The van der Waals surface area contributed by atoms with E-state index in [0.717, 1.165) is 12.2 Å². The summed E-state index contributed by atoms with van der Waals surface area (Å²) in [4.78, 5) is 14.8. The van der Waals surface area contributed by atoms with Gasteiger partial charge in [-0.05, 0) is 61.5 Å². The van der Waals surface area contributed by atoms with Crippen molar-refractivity contribution in [2.75, 3.05) is 41.7 Å². The number of nitrogens with one attached hydrogen (secondary N) is 2. The lowest BCUT2D eigenvalue weighted by Gasteiger charge is -2.19. The van der Waals surface area contributed by atoms with E-state index in [2.05, 4.69) is 21.9 Å². The number of hydrogen-bond donors (Lipinski definition) is 2. The molecule has 1 heterocycles. The molecule has 0 fully saturated rings. The summed E-state index contributed by atoms with van der Waals surface area (Å²) in [5.41, 5.74) is 2.43. The number of amides is 1. The van der Waals surface area contributed by atoms with Gasteiger partial charge in [0.25, 0.3) is 15.9 Å². The van der Waals surface area contributed by atoms with Crippen LogP contribution in [0.25, 0.3) is 0 Å². The largest absolute Gasteiger partial charge is 0.486 e. The summed E-state index contributed by atoms with van der Waals surface area (Å²) in [6.07, 6.45) is 0. The molecule has 1 aliphatic heterocycles. The Kier molecular flexibility index (Phi) is 6.41. The van der Waals surface area contributed by atoms with Crippen molar-refractivity contribution in [3.63, 3.8) is 0 Å². The molecular weight excluding hydrogens is 442 g/mol. The van der Waals surface area contributed by atoms with Crippen molar-refractivity contribution in [2.24, 2.45) is 0 Å². The maximum Gasteiger partial charge on any atom is 0.262 e. The van der Waals surface area contributed by atoms with Gasteiger partial charge in [-0.1, -0.05) is 6.07 Å². The predicted molar refractivity (Wildman–Crippen MR) is 128 cm³/mol. The first-order valence-electron chi connectivity index (χ1n) is 10.5. The number of carbonyl (C=O) groups is 1. The topological polar surface area (TPSA) is 97.0 Å². The molecule has 0 aromatic heterocycles. The van der Waals surface area contributed by atoms with Crippen LogP contribution in [0.3, 0.4) is 0 Å². The number of hydrogen-bond acceptors (Lipinski definition) is 6. The molecule has 4 rings (SSSR count). The zero-order chi connectivity index (χ0) is 23.4. The quantitative estimate of drug-likeness (QED) is 0.546. The zero-order valence-electron chi connectivity index (χ0n) is 18.4. The minimum absolute atomic E-state index is 0.0606. The molecule has 0 aliphatic carbocycles. The number of carbonyl (C=O) groups excluding carboxylic acids is 1. The van der Waals surface area contributed by atoms with E-state index >= 15 is 0 Å². The third-order valence-corrected chi connectivity index (χ3v) is 6.62. The van der Waals surface area contributed by atoms with Gasteiger partial charge < -0.3 is 19.7 Å². The summed E-state index contributed by atoms with van der Waals surface area (Å²) in [5.74, 6) is 0.625. The molecule has 0 saturated heterocycles. The highest BCUT2D eigenvalue weighted by Crippen LogP contribution is 2.32. The van der Waals surface area contributed by atoms with Crippen molar-refractivity contribution in [1.29, 1.82) is 0 Å². The molecule has 3 aromatic rings. The minimum atomic E-state index is -3.83. The molecule has 1 aliphatic rings. The minimum Gasteiger partial charge on any atom is -0.486 e. The lowest BCUT2D eigenvalue weighted by molar-refractivity contribution is 0.102. The fourth-order valence-corrected chi connectivity index (χ4v) is 4.38. The SMILES string of the molecule is CCN(C)c1cccc(NC(=O)c2ccc(NS(=O)(=O)c3ccc4c(c3)OCCO4)cc2)c1. The van der Waals surface area contributed by atoms with Crippen LogP contribution in [0.1, 0.15) is 17.3 Å². The molecule has 2 N–H and O–H groups in total. The van der Waals surface area contributed by atoms with Gasteiger partial charge in [0, 0.05) is 42.3 Å². The number of benzene rings is 3. The van der Waals surface area contributed by atoms with E-state index in [0.29, 0.717) is 41.7 Å². The number of anilines is 3. The van der Waals surface area contributed by atoms with Gasteiger partial charge in [0.15, 0.2) is 11.5 Å². The van der Waals surface area contributed by atoms with E-state index in [-0.39, 0.29) is 10.8 Å². The van der Waals surface area contributed by atoms with Crippen molar-refractivity contribution in [3.8, 4) is 11.5 Å². The average Bonchev–Trinajstić information content (AvgIpc) is 2.83. The van der Waals surface area contributed by atoms with Crippen molar-refractivity contribution in [2.45, 2.75) is 11.8 Å². The molecule has 1 amide bonds. The zero-order valence-corrected chi connectivity index (χ0v) is 19.2. The molecule has 0 saturated carbocycles. The molecule has 33 heavy (non-hydrogen) atoms. The maximum absolute atomic E-state index is 12.8. The Hall–Kier alpha value is -3.72. The highest BCUT2D eigenvalue weighted by molar-refractivity contribution is 7.92. The van der Waals surface area contributed by atoms with Gasteiger partial charge in [0.2, 0.25) is 0 Å². The molecule has 0 bridgehead atoms. The Balaban J connectivity index is 1.44. The molecular formula is C24H25N3O5S. The van der Waals surface area contributed by atoms with E-state index in [1.807, 2.05) is 31.3 Å². The van der Waals surface area contributed by atoms with Crippen LogP contribution in [-0.2, 0) is 10.0 Å². The van der Waals surface area contributed by atoms with Crippen LogP contribution in [0.15, 0.2) is 71.6 Å². The van der Waals surface area contributed by atoms with Crippen LogP contribution in [0.5, 0.6) is 11.5 Å². The summed E-state index contributed by atoms with van der Waals surface area (Å²) in [6.45, 7) is 3.70. The van der Waals surface area contributed by atoms with Crippen LogP contribution >= 0.6 is 0 Å². The van der Waals surface area contributed by atoms with E-state index in [1.165, 1.54) is 12.1 Å².